The highest BCUT2D eigenvalue weighted by molar-refractivity contribution is 7.09. The topological polar surface area (TPSA) is 80.1 Å². The van der Waals surface area contributed by atoms with Crippen LogP contribution in [0.25, 0.3) is 0 Å². The fourth-order valence-electron chi connectivity index (χ4n) is 2.92. The molecule has 1 aliphatic heterocycles. The minimum Gasteiger partial charge on any atom is -0.351 e. The van der Waals surface area contributed by atoms with E-state index in [-0.39, 0.29) is 17.5 Å². The lowest BCUT2D eigenvalue weighted by Gasteiger charge is -2.33. The number of thiazole rings is 1. The Morgan fingerprint density at radius 1 is 1.50 bits per heavy atom. The SMILES string of the molecule is Cc1nc(CC(=O)N[C@H]2CCCN(c3nccn(C)c3=O)C2)cs1. The molecule has 0 spiro atoms. The molecular formula is C16H21N5O2S. The van der Waals surface area contributed by atoms with Crippen LogP contribution in [0.15, 0.2) is 22.6 Å². The van der Waals surface area contributed by atoms with E-state index in [2.05, 4.69) is 15.3 Å². The van der Waals surface area contributed by atoms with E-state index in [1.54, 1.807) is 30.8 Å². The number of aryl methyl sites for hydroxylation is 2. The van der Waals surface area contributed by atoms with E-state index in [1.165, 1.54) is 4.57 Å². The third-order valence-corrected chi connectivity index (χ3v) is 4.92. The van der Waals surface area contributed by atoms with Gasteiger partial charge >= 0.3 is 0 Å². The van der Waals surface area contributed by atoms with Crippen LogP contribution in [0.2, 0.25) is 0 Å². The summed E-state index contributed by atoms with van der Waals surface area (Å²) in [5, 5.41) is 5.94. The van der Waals surface area contributed by atoms with Gasteiger partial charge in [0, 0.05) is 44.0 Å². The van der Waals surface area contributed by atoms with Crippen molar-refractivity contribution in [2.45, 2.75) is 32.2 Å². The third-order valence-electron chi connectivity index (χ3n) is 4.09. The van der Waals surface area contributed by atoms with Gasteiger partial charge in [-0.1, -0.05) is 0 Å². The number of nitrogens with zero attached hydrogens (tertiary/aromatic N) is 4. The predicted octanol–water partition coefficient (Wildman–Crippen LogP) is 0.873. The highest BCUT2D eigenvalue weighted by atomic mass is 32.1. The zero-order valence-corrected chi connectivity index (χ0v) is 14.7. The van der Waals surface area contributed by atoms with E-state index in [9.17, 15) is 9.59 Å². The minimum absolute atomic E-state index is 0.0256. The van der Waals surface area contributed by atoms with Gasteiger partial charge in [-0.3, -0.25) is 9.59 Å². The molecule has 8 heteroatoms. The zero-order chi connectivity index (χ0) is 17.1. The Kier molecular flexibility index (Phi) is 4.94. The van der Waals surface area contributed by atoms with Crippen LogP contribution in [0.4, 0.5) is 5.82 Å². The van der Waals surface area contributed by atoms with E-state index < -0.39 is 0 Å². The van der Waals surface area contributed by atoms with Gasteiger partial charge in [0.2, 0.25) is 5.91 Å². The minimum atomic E-state index is -0.109. The number of hydrogen-bond donors (Lipinski definition) is 1. The van der Waals surface area contributed by atoms with Gasteiger partial charge in [-0.25, -0.2) is 9.97 Å². The van der Waals surface area contributed by atoms with Crippen molar-refractivity contribution in [3.63, 3.8) is 0 Å². The normalized spacial score (nSPS) is 17.8. The lowest BCUT2D eigenvalue weighted by Crippen LogP contribution is -2.49. The molecule has 7 nitrogen and oxygen atoms in total. The summed E-state index contributed by atoms with van der Waals surface area (Å²) in [5.74, 6) is 0.426. The average molecular weight is 347 g/mol. The number of carbonyl (C=O) groups excluding carboxylic acids is 1. The second-order valence-corrected chi connectivity index (χ2v) is 7.12. The van der Waals surface area contributed by atoms with Gasteiger partial charge in [-0.15, -0.1) is 11.3 Å². The molecule has 0 radical (unpaired) electrons. The highest BCUT2D eigenvalue weighted by Gasteiger charge is 2.24. The van der Waals surface area contributed by atoms with Crippen molar-refractivity contribution < 1.29 is 4.79 Å². The van der Waals surface area contributed by atoms with Crippen LogP contribution >= 0.6 is 11.3 Å². The zero-order valence-electron chi connectivity index (χ0n) is 13.9. The summed E-state index contributed by atoms with van der Waals surface area (Å²) in [4.78, 5) is 34.9. The molecule has 1 saturated heterocycles. The van der Waals surface area contributed by atoms with Crippen LogP contribution in [0.3, 0.4) is 0 Å². The molecule has 2 aromatic rings. The van der Waals surface area contributed by atoms with Gasteiger partial charge < -0.3 is 14.8 Å². The molecule has 24 heavy (non-hydrogen) atoms. The Morgan fingerprint density at radius 3 is 3.08 bits per heavy atom. The average Bonchev–Trinajstić information content (AvgIpc) is 2.95. The number of aromatic nitrogens is 3. The summed E-state index contributed by atoms with van der Waals surface area (Å²) in [6.07, 6.45) is 5.40. The van der Waals surface area contributed by atoms with Crippen LogP contribution in [-0.2, 0) is 18.3 Å². The number of rotatable bonds is 4. The van der Waals surface area contributed by atoms with E-state index in [4.69, 9.17) is 0 Å². The molecule has 128 valence electrons. The van der Waals surface area contributed by atoms with Gasteiger partial charge in [-0.2, -0.15) is 0 Å². The second-order valence-electron chi connectivity index (χ2n) is 6.05. The summed E-state index contributed by atoms with van der Waals surface area (Å²) < 4.78 is 1.52. The number of anilines is 1. The highest BCUT2D eigenvalue weighted by Crippen LogP contribution is 2.15. The van der Waals surface area contributed by atoms with Crippen molar-refractivity contribution >= 4 is 23.1 Å². The van der Waals surface area contributed by atoms with Crippen LogP contribution in [0, 0.1) is 6.92 Å². The lowest BCUT2D eigenvalue weighted by atomic mass is 10.1. The summed E-state index contributed by atoms with van der Waals surface area (Å²) in [5.41, 5.74) is 0.698. The first-order valence-electron chi connectivity index (χ1n) is 8.00. The van der Waals surface area contributed by atoms with Crippen molar-refractivity contribution in [1.29, 1.82) is 0 Å². The van der Waals surface area contributed by atoms with Crippen LogP contribution in [0.1, 0.15) is 23.5 Å². The Morgan fingerprint density at radius 2 is 2.33 bits per heavy atom. The van der Waals surface area contributed by atoms with E-state index in [0.29, 0.717) is 18.8 Å². The van der Waals surface area contributed by atoms with E-state index >= 15 is 0 Å². The van der Waals surface area contributed by atoms with Crippen LogP contribution < -0.4 is 15.8 Å². The first kappa shape index (κ1) is 16.6. The van der Waals surface area contributed by atoms with Crippen LogP contribution in [-0.4, -0.2) is 39.6 Å². The van der Waals surface area contributed by atoms with Gasteiger partial charge in [0.1, 0.15) is 0 Å². The van der Waals surface area contributed by atoms with Crippen molar-refractivity contribution in [3.8, 4) is 0 Å². The number of hydrogen-bond acceptors (Lipinski definition) is 6. The van der Waals surface area contributed by atoms with E-state index in [0.717, 1.165) is 30.1 Å². The number of piperidine rings is 1. The van der Waals surface area contributed by atoms with Gasteiger partial charge in [0.25, 0.3) is 5.56 Å². The second kappa shape index (κ2) is 7.12. The smallest absolute Gasteiger partial charge is 0.293 e. The van der Waals surface area contributed by atoms with E-state index in [1.807, 2.05) is 17.2 Å². The predicted molar refractivity (Wildman–Crippen MR) is 93.4 cm³/mol. The summed E-state index contributed by atoms with van der Waals surface area (Å²) in [6.45, 7) is 3.32. The molecule has 0 aromatic carbocycles. The first-order chi connectivity index (χ1) is 11.5. The fraction of sp³-hybridized carbons (Fsp3) is 0.500. The molecule has 0 aliphatic carbocycles. The molecule has 3 rings (SSSR count). The number of carbonyl (C=O) groups is 1. The molecule has 1 aliphatic rings. The molecule has 2 aromatic heterocycles. The molecular weight excluding hydrogens is 326 g/mol. The van der Waals surface area contributed by atoms with Crippen molar-refractivity contribution in [2.24, 2.45) is 7.05 Å². The van der Waals surface area contributed by atoms with Crippen LogP contribution in [0.5, 0.6) is 0 Å². The maximum Gasteiger partial charge on any atom is 0.293 e. The Hall–Kier alpha value is -2.22. The Bertz CT molecular complexity index is 785. The Labute approximate surface area is 144 Å². The van der Waals surface area contributed by atoms with Crippen molar-refractivity contribution in [2.75, 3.05) is 18.0 Å². The summed E-state index contributed by atoms with van der Waals surface area (Å²) in [7, 11) is 1.71. The number of nitrogens with one attached hydrogen (secondary N) is 1. The first-order valence-corrected chi connectivity index (χ1v) is 8.88. The monoisotopic (exact) mass is 347 g/mol. The maximum absolute atomic E-state index is 12.2. The molecule has 1 atom stereocenters. The standard InChI is InChI=1S/C16H21N5O2S/c1-11-18-13(10-24-11)8-14(22)19-12-4-3-6-21(9-12)15-16(23)20(2)7-5-17-15/h5,7,10,12H,3-4,6,8-9H2,1-2H3,(H,19,22)/t12-/m0/s1. The molecule has 0 unspecified atom stereocenters. The molecule has 1 N–H and O–H groups in total. The lowest BCUT2D eigenvalue weighted by molar-refractivity contribution is -0.121. The molecule has 1 fully saturated rings. The maximum atomic E-state index is 12.2. The number of amides is 1. The molecule has 1 amide bonds. The molecule has 3 heterocycles. The van der Waals surface area contributed by atoms with Gasteiger partial charge in [0.15, 0.2) is 5.82 Å². The summed E-state index contributed by atoms with van der Waals surface area (Å²) >= 11 is 1.55. The largest absolute Gasteiger partial charge is 0.351 e. The summed E-state index contributed by atoms with van der Waals surface area (Å²) in [6, 6.07) is 0.0256. The fourth-order valence-corrected chi connectivity index (χ4v) is 3.53. The molecule has 0 bridgehead atoms. The van der Waals surface area contributed by atoms with Gasteiger partial charge in [-0.05, 0) is 19.8 Å². The Balaban J connectivity index is 1.62. The van der Waals surface area contributed by atoms with Crippen molar-refractivity contribution in [3.05, 3.63) is 38.8 Å². The quantitative estimate of drug-likeness (QED) is 0.888. The van der Waals surface area contributed by atoms with Gasteiger partial charge in [0.05, 0.1) is 17.1 Å². The third kappa shape index (κ3) is 3.81. The van der Waals surface area contributed by atoms with Crippen molar-refractivity contribution in [1.82, 2.24) is 19.9 Å². The molecule has 0 saturated carbocycles.